The van der Waals surface area contributed by atoms with E-state index in [9.17, 15) is 5.26 Å². The Morgan fingerprint density at radius 3 is 2.41 bits per heavy atom. The summed E-state index contributed by atoms with van der Waals surface area (Å²) in [4.78, 5) is 0. The zero-order valence-corrected chi connectivity index (χ0v) is 11.9. The highest BCUT2D eigenvalue weighted by Gasteiger charge is 2.21. The molecule has 1 aromatic rings. The van der Waals surface area contributed by atoms with Crippen molar-refractivity contribution in [2.75, 3.05) is 0 Å². The second kappa shape index (κ2) is 5.34. The maximum atomic E-state index is 9.17. The fourth-order valence-corrected chi connectivity index (χ4v) is 1.87. The fraction of sp³-hybridized carbons (Fsp3) is 0.429. The fourth-order valence-electron chi connectivity index (χ4n) is 1.55. The van der Waals surface area contributed by atoms with E-state index in [1.807, 2.05) is 39.0 Å². The van der Waals surface area contributed by atoms with Crippen molar-refractivity contribution in [2.24, 2.45) is 0 Å². The molecular formula is C14H15BrN2. The van der Waals surface area contributed by atoms with Gasteiger partial charge in [-0.25, -0.2) is 0 Å². The number of nitrogens with zero attached hydrogens (tertiary/aromatic N) is 2. The minimum atomic E-state index is -0.526. The van der Waals surface area contributed by atoms with Crippen LogP contribution >= 0.6 is 15.9 Å². The zero-order valence-electron chi connectivity index (χ0n) is 10.3. The highest BCUT2D eigenvalue weighted by molar-refractivity contribution is 9.08. The highest BCUT2D eigenvalue weighted by Crippen LogP contribution is 2.28. The quantitative estimate of drug-likeness (QED) is 0.790. The third-order valence-electron chi connectivity index (χ3n) is 2.86. The number of benzene rings is 1. The van der Waals surface area contributed by atoms with Crippen molar-refractivity contribution in [1.82, 2.24) is 0 Å². The topological polar surface area (TPSA) is 47.6 Å². The van der Waals surface area contributed by atoms with Crippen molar-refractivity contribution in [1.29, 1.82) is 10.5 Å². The Kier molecular flexibility index (Phi) is 4.32. The molecule has 0 aliphatic rings. The van der Waals surface area contributed by atoms with E-state index in [0.717, 1.165) is 22.0 Å². The van der Waals surface area contributed by atoms with E-state index in [2.05, 4.69) is 28.1 Å². The molecule has 0 radical (unpaired) electrons. The minimum Gasteiger partial charge on any atom is -0.198 e. The molecule has 0 fully saturated rings. The molecule has 2 nitrogen and oxygen atoms in total. The van der Waals surface area contributed by atoms with Crippen molar-refractivity contribution in [3.05, 3.63) is 34.9 Å². The Morgan fingerprint density at radius 1 is 1.29 bits per heavy atom. The van der Waals surface area contributed by atoms with Crippen LogP contribution in [0.3, 0.4) is 0 Å². The van der Waals surface area contributed by atoms with Gasteiger partial charge in [-0.2, -0.15) is 10.5 Å². The van der Waals surface area contributed by atoms with Crippen molar-refractivity contribution in [3.63, 3.8) is 0 Å². The SMILES string of the molecule is CC(C#N)c1cc(CBr)cc(C(C)(C)C#N)c1. The summed E-state index contributed by atoms with van der Waals surface area (Å²) in [5.74, 6) is -0.151. The van der Waals surface area contributed by atoms with Crippen LogP contribution in [-0.2, 0) is 10.7 Å². The summed E-state index contributed by atoms with van der Waals surface area (Å²) in [6, 6.07) is 10.5. The van der Waals surface area contributed by atoms with Gasteiger partial charge in [0.15, 0.2) is 0 Å². The van der Waals surface area contributed by atoms with Crippen LogP contribution < -0.4 is 0 Å². The molecule has 3 heteroatoms. The standard InChI is InChI=1S/C14H15BrN2/c1-10(8-16)12-4-11(7-15)5-13(6-12)14(2,3)9-17/h4-6,10H,7H2,1-3H3. The molecule has 0 heterocycles. The van der Waals surface area contributed by atoms with Gasteiger partial charge >= 0.3 is 0 Å². The third-order valence-corrected chi connectivity index (χ3v) is 3.51. The molecule has 17 heavy (non-hydrogen) atoms. The molecule has 0 amide bonds. The molecule has 0 N–H and O–H groups in total. The first-order chi connectivity index (χ1) is 7.94. The molecule has 0 aliphatic carbocycles. The number of alkyl halides is 1. The lowest BCUT2D eigenvalue weighted by atomic mass is 9.83. The lowest BCUT2D eigenvalue weighted by Gasteiger charge is -2.19. The Balaban J connectivity index is 3.35. The van der Waals surface area contributed by atoms with Crippen LogP contribution in [0, 0.1) is 22.7 Å². The van der Waals surface area contributed by atoms with E-state index < -0.39 is 5.41 Å². The molecule has 1 rings (SSSR count). The summed E-state index contributed by atoms with van der Waals surface area (Å²) >= 11 is 3.42. The molecule has 0 saturated carbocycles. The molecule has 88 valence electrons. The summed E-state index contributed by atoms with van der Waals surface area (Å²) < 4.78 is 0. The number of hydrogen-bond donors (Lipinski definition) is 0. The van der Waals surface area contributed by atoms with Gasteiger partial charge in [0.25, 0.3) is 0 Å². The molecular weight excluding hydrogens is 276 g/mol. The normalized spacial score (nSPS) is 12.6. The summed E-state index contributed by atoms with van der Waals surface area (Å²) in [6.45, 7) is 5.65. The van der Waals surface area contributed by atoms with Gasteiger partial charge in [0, 0.05) is 5.33 Å². The zero-order chi connectivity index (χ0) is 13.1. The largest absolute Gasteiger partial charge is 0.198 e. The van der Waals surface area contributed by atoms with E-state index in [1.54, 1.807) is 0 Å². The minimum absolute atomic E-state index is 0.151. The first-order valence-electron chi connectivity index (χ1n) is 5.45. The number of halogens is 1. The van der Waals surface area contributed by atoms with E-state index in [4.69, 9.17) is 5.26 Å². The van der Waals surface area contributed by atoms with E-state index in [-0.39, 0.29) is 5.92 Å². The van der Waals surface area contributed by atoms with Crippen molar-refractivity contribution < 1.29 is 0 Å². The van der Waals surface area contributed by atoms with E-state index >= 15 is 0 Å². The summed E-state index contributed by atoms with van der Waals surface area (Å²) in [5.41, 5.74) is 2.52. The van der Waals surface area contributed by atoms with Crippen LogP contribution in [-0.4, -0.2) is 0 Å². The van der Waals surface area contributed by atoms with E-state index in [1.165, 1.54) is 0 Å². The van der Waals surface area contributed by atoms with Gasteiger partial charge < -0.3 is 0 Å². The van der Waals surface area contributed by atoms with E-state index in [0.29, 0.717) is 0 Å². The Hall–Kier alpha value is -1.32. The number of nitriles is 2. The Bertz CT molecular complexity index is 492. The van der Waals surface area contributed by atoms with Gasteiger partial charge in [0.1, 0.15) is 0 Å². The molecule has 0 bridgehead atoms. The molecule has 1 atom stereocenters. The Morgan fingerprint density at radius 2 is 1.94 bits per heavy atom. The molecule has 1 aromatic carbocycles. The molecule has 0 spiro atoms. The van der Waals surface area contributed by atoms with Crippen LogP contribution in [0.1, 0.15) is 43.4 Å². The summed E-state index contributed by atoms with van der Waals surface area (Å²) in [5, 5.41) is 18.9. The average molecular weight is 291 g/mol. The predicted octanol–water partition coefficient (Wildman–Crippen LogP) is 4.01. The number of hydrogen-bond acceptors (Lipinski definition) is 2. The van der Waals surface area contributed by atoms with Crippen molar-refractivity contribution >= 4 is 15.9 Å². The smallest absolute Gasteiger partial charge is 0.0766 e. The second-order valence-electron chi connectivity index (χ2n) is 4.68. The molecule has 0 aliphatic heterocycles. The predicted molar refractivity (Wildman–Crippen MR) is 71.7 cm³/mol. The lowest BCUT2D eigenvalue weighted by Crippen LogP contribution is -2.15. The van der Waals surface area contributed by atoms with Gasteiger partial charge in [-0.1, -0.05) is 34.1 Å². The van der Waals surface area contributed by atoms with Crippen LogP contribution in [0.15, 0.2) is 18.2 Å². The van der Waals surface area contributed by atoms with Crippen LogP contribution in [0.4, 0.5) is 0 Å². The highest BCUT2D eigenvalue weighted by atomic mass is 79.9. The Labute approximate surface area is 111 Å². The van der Waals surface area contributed by atoms with Crippen LogP contribution in [0.2, 0.25) is 0 Å². The second-order valence-corrected chi connectivity index (χ2v) is 5.25. The molecule has 0 aromatic heterocycles. The summed E-state index contributed by atoms with van der Waals surface area (Å²) in [7, 11) is 0. The summed E-state index contributed by atoms with van der Waals surface area (Å²) in [6.07, 6.45) is 0. The average Bonchev–Trinajstić information content (AvgIpc) is 2.37. The van der Waals surface area contributed by atoms with Crippen molar-refractivity contribution in [2.45, 2.75) is 37.4 Å². The van der Waals surface area contributed by atoms with Gasteiger partial charge in [-0.3, -0.25) is 0 Å². The lowest BCUT2D eigenvalue weighted by molar-refractivity contribution is 0.683. The monoisotopic (exact) mass is 290 g/mol. The number of rotatable bonds is 3. The van der Waals surface area contributed by atoms with Gasteiger partial charge in [-0.15, -0.1) is 0 Å². The first-order valence-corrected chi connectivity index (χ1v) is 6.58. The van der Waals surface area contributed by atoms with Gasteiger partial charge in [-0.05, 0) is 37.5 Å². The maximum absolute atomic E-state index is 9.17. The van der Waals surface area contributed by atoms with Gasteiger partial charge in [0.2, 0.25) is 0 Å². The van der Waals surface area contributed by atoms with Crippen LogP contribution in [0.5, 0.6) is 0 Å². The first kappa shape index (κ1) is 13.7. The maximum Gasteiger partial charge on any atom is 0.0766 e. The molecule has 0 saturated heterocycles. The molecule has 1 unspecified atom stereocenters. The van der Waals surface area contributed by atoms with Crippen molar-refractivity contribution in [3.8, 4) is 12.1 Å². The van der Waals surface area contributed by atoms with Crippen LogP contribution in [0.25, 0.3) is 0 Å². The van der Waals surface area contributed by atoms with Gasteiger partial charge in [0.05, 0.1) is 23.5 Å². The third kappa shape index (κ3) is 3.08.